The number of fused-ring (bicyclic) bond motifs is 6. The Morgan fingerprint density at radius 2 is 1.70 bits per heavy atom. The zero-order valence-electron chi connectivity index (χ0n) is 26.9. The van der Waals surface area contributed by atoms with Gasteiger partial charge in [-0.3, -0.25) is 0 Å². The van der Waals surface area contributed by atoms with Crippen molar-refractivity contribution in [3.63, 3.8) is 0 Å². The first-order chi connectivity index (χ1) is 20.7. The fourth-order valence-electron chi connectivity index (χ4n) is 9.42. The van der Waals surface area contributed by atoms with E-state index in [0.717, 1.165) is 24.8 Å². The van der Waals surface area contributed by atoms with Crippen LogP contribution in [0.25, 0.3) is 0 Å². The minimum absolute atomic E-state index is 0.138. The molecule has 1 unspecified atom stereocenters. The molecule has 3 N–H and O–H groups in total. The molecule has 2 heterocycles. The van der Waals surface area contributed by atoms with Crippen LogP contribution in [-0.2, 0) is 28.5 Å². The van der Waals surface area contributed by atoms with E-state index in [4.69, 9.17) is 18.9 Å². The van der Waals surface area contributed by atoms with Gasteiger partial charge in [0.15, 0.2) is 12.4 Å². The van der Waals surface area contributed by atoms with E-state index in [9.17, 15) is 24.9 Å². The summed E-state index contributed by atoms with van der Waals surface area (Å²) < 4.78 is 23.0. The number of aliphatic hydroxyl groups is 3. The molecule has 2 saturated heterocycles. The third-order valence-electron chi connectivity index (χ3n) is 12.6. The highest BCUT2D eigenvalue weighted by molar-refractivity contribution is 6.30. The summed E-state index contributed by atoms with van der Waals surface area (Å²) in [4.78, 5) is 25.0. The van der Waals surface area contributed by atoms with E-state index in [1.54, 1.807) is 0 Å². The lowest BCUT2D eigenvalue weighted by molar-refractivity contribution is -0.378. The van der Waals surface area contributed by atoms with Crippen molar-refractivity contribution in [3.8, 4) is 0 Å². The Labute approximate surface area is 260 Å². The quantitative estimate of drug-likeness (QED) is 0.229. The molecule has 0 bridgehead atoms. The molecule has 6 rings (SSSR count). The van der Waals surface area contributed by atoms with Crippen LogP contribution in [0.5, 0.6) is 0 Å². The fourth-order valence-corrected chi connectivity index (χ4v) is 9.42. The molecule has 44 heavy (non-hydrogen) atoms. The second-order valence-electron chi connectivity index (χ2n) is 15.3. The predicted molar refractivity (Wildman–Crippen MR) is 160 cm³/mol. The number of carbonyl (C=O) groups is 2. The van der Waals surface area contributed by atoms with Crippen molar-refractivity contribution < 1.29 is 43.9 Å². The third-order valence-corrected chi connectivity index (χ3v) is 12.6. The van der Waals surface area contributed by atoms with Crippen LogP contribution in [0, 0.1) is 46.3 Å². The molecule has 5 fully saturated rings. The minimum Gasteiger partial charge on any atom is -0.447 e. The Hall–Kier alpha value is -2.04. The van der Waals surface area contributed by atoms with Gasteiger partial charge in [-0.2, -0.15) is 0 Å². The minimum atomic E-state index is -1.72. The topological polar surface area (TPSA) is 132 Å². The van der Waals surface area contributed by atoms with Crippen molar-refractivity contribution in [1.82, 2.24) is 0 Å². The molecule has 6 aliphatic rings. The number of ether oxygens (including phenoxy) is 4. The molecule has 0 spiro atoms. The highest BCUT2D eigenvalue weighted by Gasteiger charge is 2.65. The third kappa shape index (κ3) is 5.02. The molecule has 0 amide bonds. The number of hydrogen-bond acceptors (Lipinski definition) is 9. The number of hydrogen-bond donors (Lipinski definition) is 3. The Kier molecular flexibility index (Phi) is 8.22. The normalized spacial score (nSPS) is 46.6. The maximum atomic E-state index is 12.5. The molecule has 4 aliphatic carbocycles. The average Bonchev–Trinajstić information content (AvgIpc) is 3.33. The maximum absolute atomic E-state index is 12.5. The average molecular weight is 615 g/mol. The molecule has 9 heteroatoms. The highest BCUT2D eigenvalue weighted by Crippen LogP contribution is 2.67. The smallest absolute Gasteiger partial charge is 0.420 e. The SMILES string of the molecule is CC(C)[C@@H](C)/C=C/[C@@H](C)[C@H]1CC[C@H]2C3=CC=C4C[C@]5(O[C@H]6OC[C@@H](O)[C@H](O)[C@H]6O)OC(=O)C(=O)OC5C[C@]4(C)[C@H]3CC[C@]12C. The first-order valence-corrected chi connectivity index (χ1v) is 16.6. The molecule has 0 aromatic rings. The van der Waals surface area contributed by atoms with Gasteiger partial charge in [0.05, 0.1) is 6.61 Å². The van der Waals surface area contributed by atoms with E-state index in [1.165, 1.54) is 12.0 Å². The molecule has 9 nitrogen and oxygen atoms in total. The zero-order chi connectivity index (χ0) is 31.8. The van der Waals surface area contributed by atoms with E-state index in [0.29, 0.717) is 36.0 Å². The molecular formula is C35H50O9. The summed E-state index contributed by atoms with van der Waals surface area (Å²) in [7, 11) is 0. The summed E-state index contributed by atoms with van der Waals surface area (Å²) in [6.45, 7) is 13.7. The second-order valence-corrected chi connectivity index (χ2v) is 15.3. The summed E-state index contributed by atoms with van der Waals surface area (Å²) in [5.74, 6) is -0.905. The van der Waals surface area contributed by atoms with Crippen LogP contribution in [-0.4, -0.2) is 70.4 Å². The standard InChI is InChI=1S/C35H50O9/c1-18(2)19(3)7-8-20(4)23-11-12-24-22-10-9-21-15-35(44-32-29(38)28(37)26(36)17-41-32)27(42-30(39)31(40)43-35)16-34(21,6)25(22)13-14-33(23,24)5/h7-10,18-20,23-29,32,36-38H,11-17H2,1-6H3/b8-7+/t19-,20+,23+,24-,25-,26+,27?,28-,29+,32+,33+,34-,35+/m0/s1. The van der Waals surface area contributed by atoms with Crippen molar-refractivity contribution >= 4 is 11.9 Å². The Morgan fingerprint density at radius 3 is 2.43 bits per heavy atom. The van der Waals surface area contributed by atoms with E-state index in [-0.39, 0.29) is 29.8 Å². The van der Waals surface area contributed by atoms with Crippen molar-refractivity contribution in [2.45, 2.75) is 117 Å². The summed E-state index contributed by atoms with van der Waals surface area (Å²) in [6, 6.07) is 0. The molecular weight excluding hydrogens is 564 g/mol. The number of esters is 2. The molecule has 0 radical (unpaired) electrons. The van der Waals surface area contributed by atoms with Gasteiger partial charge in [-0.15, -0.1) is 0 Å². The monoisotopic (exact) mass is 614 g/mol. The lowest BCUT2D eigenvalue weighted by atomic mass is 9.49. The lowest BCUT2D eigenvalue weighted by Crippen LogP contribution is -2.66. The van der Waals surface area contributed by atoms with Gasteiger partial charge in [0.1, 0.15) is 18.3 Å². The van der Waals surface area contributed by atoms with Gasteiger partial charge in [0.2, 0.25) is 0 Å². The molecule has 13 atom stereocenters. The maximum Gasteiger partial charge on any atom is 0.420 e. The van der Waals surface area contributed by atoms with Gasteiger partial charge < -0.3 is 34.3 Å². The van der Waals surface area contributed by atoms with E-state index in [1.807, 2.05) is 0 Å². The van der Waals surface area contributed by atoms with Crippen LogP contribution < -0.4 is 0 Å². The summed E-state index contributed by atoms with van der Waals surface area (Å²) in [5.41, 5.74) is 2.39. The van der Waals surface area contributed by atoms with Gasteiger partial charge in [-0.25, -0.2) is 9.59 Å². The highest BCUT2D eigenvalue weighted by atomic mass is 16.8. The second kappa shape index (κ2) is 11.3. The lowest BCUT2D eigenvalue weighted by Gasteiger charge is -2.58. The van der Waals surface area contributed by atoms with E-state index >= 15 is 0 Å². The Bertz CT molecular complexity index is 1250. The number of carbonyl (C=O) groups excluding carboxylic acids is 2. The van der Waals surface area contributed by atoms with Gasteiger partial charge >= 0.3 is 11.9 Å². The first kappa shape index (κ1) is 31.9. The summed E-state index contributed by atoms with van der Waals surface area (Å²) >= 11 is 0. The Balaban J connectivity index is 1.28. The largest absolute Gasteiger partial charge is 0.447 e. The van der Waals surface area contributed by atoms with Crippen LogP contribution in [0.4, 0.5) is 0 Å². The van der Waals surface area contributed by atoms with Crippen molar-refractivity contribution in [3.05, 3.63) is 35.5 Å². The van der Waals surface area contributed by atoms with Crippen molar-refractivity contribution in [2.24, 2.45) is 46.3 Å². The molecule has 0 aromatic carbocycles. The number of aliphatic hydroxyl groups excluding tert-OH is 3. The molecule has 244 valence electrons. The summed E-state index contributed by atoms with van der Waals surface area (Å²) in [5, 5.41) is 30.8. The van der Waals surface area contributed by atoms with Gasteiger partial charge in [-0.05, 0) is 72.0 Å². The zero-order valence-corrected chi connectivity index (χ0v) is 26.9. The van der Waals surface area contributed by atoms with Gasteiger partial charge in [0, 0.05) is 12.8 Å². The fraction of sp³-hybridized carbons (Fsp3) is 0.771. The number of allylic oxidation sites excluding steroid dienone is 5. The summed E-state index contributed by atoms with van der Waals surface area (Å²) in [6.07, 6.45) is 7.64. The van der Waals surface area contributed by atoms with E-state index in [2.05, 4.69) is 65.8 Å². The first-order valence-electron chi connectivity index (χ1n) is 16.6. The van der Waals surface area contributed by atoms with Crippen LogP contribution in [0.15, 0.2) is 35.5 Å². The molecule has 2 aliphatic heterocycles. The molecule has 0 aromatic heterocycles. The number of rotatable bonds is 6. The van der Waals surface area contributed by atoms with Crippen LogP contribution >= 0.6 is 0 Å². The molecule has 3 saturated carbocycles. The van der Waals surface area contributed by atoms with Crippen LogP contribution in [0.3, 0.4) is 0 Å². The van der Waals surface area contributed by atoms with Crippen molar-refractivity contribution in [2.75, 3.05) is 6.61 Å². The van der Waals surface area contributed by atoms with Crippen molar-refractivity contribution in [1.29, 1.82) is 0 Å². The van der Waals surface area contributed by atoms with E-state index < -0.39 is 48.4 Å². The van der Waals surface area contributed by atoms with Gasteiger partial charge in [-0.1, -0.05) is 77.0 Å². The van der Waals surface area contributed by atoms with Gasteiger partial charge in [0.25, 0.3) is 5.79 Å². The van der Waals surface area contributed by atoms with Crippen LogP contribution in [0.1, 0.15) is 80.1 Å². The van der Waals surface area contributed by atoms with Crippen LogP contribution in [0.2, 0.25) is 0 Å². The Morgan fingerprint density at radius 1 is 0.955 bits per heavy atom. The predicted octanol–water partition coefficient (Wildman–Crippen LogP) is 4.20.